The molecule has 3 rings (SSSR count). The first kappa shape index (κ1) is 24.0. The Morgan fingerprint density at radius 1 is 1.00 bits per heavy atom. The number of carboxylic acids is 1. The average molecular weight is 454 g/mol. The Morgan fingerprint density at radius 3 is 2.22 bits per heavy atom. The van der Waals surface area contributed by atoms with Crippen LogP contribution in [0.4, 0.5) is 0 Å². The second-order valence-corrected chi connectivity index (χ2v) is 11.1. The maximum atomic E-state index is 12.6. The first-order valence-corrected chi connectivity index (χ1v) is 12.3. The molecule has 0 amide bonds. The molecule has 0 radical (unpaired) electrons. The van der Waals surface area contributed by atoms with Crippen LogP contribution in [0.2, 0.25) is 0 Å². The van der Waals surface area contributed by atoms with E-state index in [1.54, 1.807) is 36.4 Å². The molecule has 0 bridgehead atoms. The van der Waals surface area contributed by atoms with Crippen LogP contribution in [0.5, 0.6) is 0 Å². The summed E-state index contributed by atoms with van der Waals surface area (Å²) < 4.78 is 27.8. The Labute approximate surface area is 190 Å². The van der Waals surface area contributed by atoms with E-state index in [0.29, 0.717) is 30.9 Å². The zero-order valence-electron chi connectivity index (χ0n) is 19.1. The summed E-state index contributed by atoms with van der Waals surface area (Å²) in [5, 5.41) is 9.69. The number of carboxylic acid groups (broad SMARTS) is 1. The van der Waals surface area contributed by atoms with Crippen molar-refractivity contribution in [3.8, 4) is 11.1 Å². The Balaban J connectivity index is 1.78. The van der Waals surface area contributed by atoms with Crippen LogP contribution in [0, 0.1) is 5.41 Å². The van der Waals surface area contributed by atoms with E-state index < -0.39 is 16.0 Å². The van der Waals surface area contributed by atoms with E-state index in [4.69, 9.17) is 0 Å². The van der Waals surface area contributed by atoms with Crippen molar-refractivity contribution in [3.05, 3.63) is 77.4 Å². The van der Waals surface area contributed by atoms with Crippen LogP contribution in [-0.2, 0) is 16.4 Å². The SMILES string of the molecule is CC(C)c1ccc2c(CCC(C)(C)CNS(=O)(=O)c3ccccc3)cc(C(=O)O)c-2cc1. The van der Waals surface area contributed by atoms with Crippen molar-refractivity contribution in [1.82, 2.24) is 4.72 Å². The summed E-state index contributed by atoms with van der Waals surface area (Å²) in [4.78, 5) is 12.1. The lowest BCUT2D eigenvalue weighted by Crippen LogP contribution is -2.34. The highest BCUT2D eigenvalue weighted by molar-refractivity contribution is 7.89. The Hall–Kier alpha value is -2.70. The van der Waals surface area contributed by atoms with E-state index in [9.17, 15) is 18.3 Å². The molecule has 0 heterocycles. The Bertz CT molecular complexity index is 1170. The van der Waals surface area contributed by atoms with Crippen molar-refractivity contribution < 1.29 is 18.3 Å². The summed E-state index contributed by atoms with van der Waals surface area (Å²) >= 11 is 0. The lowest BCUT2D eigenvalue weighted by molar-refractivity contribution is 0.0698. The molecule has 6 heteroatoms. The van der Waals surface area contributed by atoms with Crippen LogP contribution in [0.25, 0.3) is 11.1 Å². The molecule has 0 aliphatic heterocycles. The molecule has 0 spiro atoms. The van der Waals surface area contributed by atoms with Crippen LogP contribution in [0.15, 0.2) is 65.6 Å². The van der Waals surface area contributed by atoms with Crippen molar-refractivity contribution >= 4 is 16.0 Å². The largest absolute Gasteiger partial charge is 0.478 e. The van der Waals surface area contributed by atoms with Gasteiger partial charge in [0.1, 0.15) is 0 Å². The third-order valence-corrected chi connectivity index (χ3v) is 7.31. The molecule has 32 heavy (non-hydrogen) atoms. The van der Waals surface area contributed by atoms with Crippen molar-refractivity contribution in [2.75, 3.05) is 6.54 Å². The zero-order valence-corrected chi connectivity index (χ0v) is 19.9. The smallest absolute Gasteiger partial charge is 0.336 e. The highest BCUT2D eigenvalue weighted by Crippen LogP contribution is 2.35. The molecule has 170 valence electrons. The number of sulfonamides is 1. The summed E-state index contributed by atoms with van der Waals surface area (Å²) in [6.45, 7) is 8.54. The van der Waals surface area contributed by atoms with Gasteiger partial charge in [0.05, 0.1) is 10.5 Å². The first-order valence-electron chi connectivity index (χ1n) is 10.8. The van der Waals surface area contributed by atoms with Crippen molar-refractivity contribution in [1.29, 1.82) is 0 Å². The number of aryl methyl sites for hydroxylation is 1. The summed E-state index contributed by atoms with van der Waals surface area (Å²) in [6, 6.07) is 18.0. The zero-order chi connectivity index (χ0) is 23.5. The molecule has 0 saturated carbocycles. The fraction of sp³-hybridized carbons (Fsp3) is 0.346. The topological polar surface area (TPSA) is 83.5 Å². The van der Waals surface area contributed by atoms with E-state index in [-0.39, 0.29) is 10.3 Å². The molecule has 1 aromatic carbocycles. The normalized spacial score (nSPS) is 12.4. The number of aromatic carboxylic acids is 1. The van der Waals surface area contributed by atoms with Gasteiger partial charge in [-0.2, -0.15) is 0 Å². The predicted molar refractivity (Wildman–Crippen MR) is 128 cm³/mol. The third-order valence-electron chi connectivity index (χ3n) is 5.89. The van der Waals surface area contributed by atoms with Gasteiger partial charge in [0.25, 0.3) is 0 Å². The highest BCUT2D eigenvalue weighted by atomic mass is 32.2. The number of hydrogen-bond acceptors (Lipinski definition) is 3. The first-order chi connectivity index (χ1) is 15.0. The number of benzene rings is 1. The van der Waals surface area contributed by atoms with Gasteiger partial charge >= 0.3 is 5.97 Å². The molecule has 5 nitrogen and oxygen atoms in total. The third kappa shape index (κ3) is 5.56. The molecule has 1 aromatic rings. The number of hydrogen-bond donors (Lipinski definition) is 2. The standard InChI is InChI=1S/C26H31NO4S/c1-18(2)19-10-12-22-20(16-24(25(28)29)23(22)13-11-19)14-15-26(3,4)17-27-32(30,31)21-8-6-5-7-9-21/h5-13,16,18,27H,14-15,17H2,1-4H3,(H,28,29). The number of nitrogens with one attached hydrogen (secondary N) is 1. The lowest BCUT2D eigenvalue weighted by Gasteiger charge is -2.25. The van der Waals surface area contributed by atoms with Crippen molar-refractivity contribution in [2.45, 2.75) is 51.3 Å². The van der Waals surface area contributed by atoms with Gasteiger partial charge in [-0.1, -0.05) is 70.2 Å². The minimum absolute atomic E-state index is 0.248. The summed E-state index contributed by atoms with van der Waals surface area (Å²) in [6.07, 6.45) is 1.36. The van der Waals surface area contributed by atoms with Gasteiger partial charge in [-0.15, -0.1) is 0 Å². The van der Waals surface area contributed by atoms with Crippen molar-refractivity contribution in [2.24, 2.45) is 5.41 Å². The van der Waals surface area contributed by atoms with Crippen LogP contribution in [0.3, 0.4) is 0 Å². The molecule has 2 aliphatic rings. The number of carbonyl (C=O) groups is 1. The van der Waals surface area contributed by atoms with Gasteiger partial charge in [-0.3, -0.25) is 0 Å². The van der Waals surface area contributed by atoms with Crippen molar-refractivity contribution in [3.63, 3.8) is 0 Å². The minimum atomic E-state index is -3.57. The van der Waals surface area contributed by atoms with E-state index >= 15 is 0 Å². The van der Waals surface area contributed by atoms with E-state index in [2.05, 4.69) is 24.6 Å². The van der Waals surface area contributed by atoms with Crippen LogP contribution < -0.4 is 4.72 Å². The molecular weight excluding hydrogens is 422 g/mol. The van der Waals surface area contributed by atoms with E-state index in [1.165, 1.54) is 0 Å². The molecular formula is C26H31NO4S. The number of rotatable bonds is 9. The quantitative estimate of drug-likeness (QED) is 0.445. The van der Waals surface area contributed by atoms with Gasteiger partial charge in [-0.25, -0.2) is 17.9 Å². The molecule has 2 aliphatic carbocycles. The van der Waals surface area contributed by atoms with E-state index in [0.717, 1.165) is 22.3 Å². The lowest BCUT2D eigenvalue weighted by atomic mass is 9.86. The molecule has 0 saturated heterocycles. The second-order valence-electron chi connectivity index (χ2n) is 9.34. The summed E-state index contributed by atoms with van der Waals surface area (Å²) in [5.74, 6) is -0.590. The maximum absolute atomic E-state index is 12.6. The number of fused-ring (bicyclic) bond motifs is 1. The van der Waals surface area contributed by atoms with E-state index in [1.807, 2.05) is 32.0 Å². The molecule has 0 unspecified atom stereocenters. The Kier molecular flexibility index (Phi) is 7.06. The van der Waals surface area contributed by atoms with Gasteiger partial charge < -0.3 is 5.11 Å². The minimum Gasteiger partial charge on any atom is -0.478 e. The van der Waals surface area contributed by atoms with Gasteiger partial charge in [0.15, 0.2) is 0 Å². The van der Waals surface area contributed by atoms with Gasteiger partial charge in [0, 0.05) is 6.54 Å². The molecule has 0 aromatic heterocycles. The molecule has 0 atom stereocenters. The molecule has 0 fully saturated rings. The average Bonchev–Trinajstić information content (AvgIpc) is 2.94. The fourth-order valence-electron chi connectivity index (χ4n) is 3.74. The van der Waals surface area contributed by atoms with Crippen LogP contribution in [-0.4, -0.2) is 26.0 Å². The van der Waals surface area contributed by atoms with Crippen LogP contribution >= 0.6 is 0 Å². The molecule has 2 N–H and O–H groups in total. The summed E-state index contributed by atoms with van der Waals surface area (Å²) in [5.41, 5.74) is 3.80. The maximum Gasteiger partial charge on any atom is 0.336 e. The monoisotopic (exact) mass is 453 g/mol. The second kappa shape index (κ2) is 9.43. The van der Waals surface area contributed by atoms with Crippen LogP contribution in [0.1, 0.15) is 61.5 Å². The van der Waals surface area contributed by atoms with Gasteiger partial charge in [-0.05, 0) is 64.6 Å². The summed E-state index contributed by atoms with van der Waals surface area (Å²) in [7, 11) is -3.57. The predicted octanol–water partition coefficient (Wildman–Crippen LogP) is 5.55. The van der Waals surface area contributed by atoms with Gasteiger partial charge in [0.2, 0.25) is 10.0 Å². The highest BCUT2D eigenvalue weighted by Gasteiger charge is 2.25. The fourth-order valence-corrected chi connectivity index (χ4v) is 5.01. The Morgan fingerprint density at radius 2 is 1.62 bits per heavy atom.